The van der Waals surface area contributed by atoms with Gasteiger partial charge in [-0.25, -0.2) is 9.97 Å². The fourth-order valence-corrected chi connectivity index (χ4v) is 6.46. The molecular weight excluding hydrogens is 404 g/mol. The van der Waals surface area contributed by atoms with Gasteiger partial charge < -0.3 is 16.0 Å². The Hall–Kier alpha value is -1.97. The number of nitrogens with zero attached hydrogens (tertiary/aromatic N) is 4. The van der Waals surface area contributed by atoms with Gasteiger partial charge in [0.15, 0.2) is 10.3 Å². The summed E-state index contributed by atoms with van der Waals surface area (Å²) >= 11 is 3.08. The molecule has 3 N–H and O–H groups in total. The Kier molecular flexibility index (Phi) is 5.05. The first-order valence-corrected chi connectivity index (χ1v) is 11.9. The number of carbonyl (C=O) groups excluding carboxylic acids is 1. The molecule has 0 spiro atoms. The van der Waals surface area contributed by atoms with Gasteiger partial charge in [-0.15, -0.1) is 0 Å². The van der Waals surface area contributed by atoms with Crippen LogP contribution in [0.4, 0.5) is 10.3 Å². The summed E-state index contributed by atoms with van der Waals surface area (Å²) in [7, 11) is 0. The van der Waals surface area contributed by atoms with Crippen LogP contribution in [-0.4, -0.2) is 64.4 Å². The van der Waals surface area contributed by atoms with Crippen LogP contribution in [0.25, 0.3) is 20.4 Å². The Balaban J connectivity index is 1.21. The largest absolute Gasteiger partial charge is 0.375 e. The predicted octanol–water partition coefficient (Wildman–Crippen LogP) is 3.30. The zero-order valence-electron chi connectivity index (χ0n) is 16.6. The molecule has 0 unspecified atom stereocenters. The molecule has 29 heavy (non-hydrogen) atoms. The molecule has 1 aromatic carbocycles. The molecule has 1 amide bonds. The molecule has 3 aromatic rings. The van der Waals surface area contributed by atoms with Gasteiger partial charge >= 0.3 is 0 Å². The van der Waals surface area contributed by atoms with E-state index in [9.17, 15) is 4.79 Å². The standard InChI is InChI=1S/C20H26N6OS2/c1-12-17-14(28-19(21)23-17)10-15-18(12)24-20(29-15)22-11-16(27)26-8-6-25(7-9-26)13-4-2-3-5-13/h10,13H,2-9,11H2,1H3,(H2,21,23)(H,22,24). The van der Waals surface area contributed by atoms with Crippen LogP contribution in [0.2, 0.25) is 0 Å². The third-order valence-electron chi connectivity index (χ3n) is 6.19. The maximum atomic E-state index is 12.7. The van der Waals surface area contributed by atoms with Crippen molar-refractivity contribution < 1.29 is 4.79 Å². The van der Waals surface area contributed by atoms with Crippen LogP contribution >= 0.6 is 22.7 Å². The predicted molar refractivity (Wildman–Crippen MR) is 121 cm³/mol. The lowest BCUT2D eigenvalue weighted by Gasteiger charge is -2.38. The molecule has 0 radical (unpaired) electrons. The number of rotatable bonds is 4. The fraction of sp³-hybridized carbons (Fsp3) is 0.550. The van der Waals surface area contributed by atoms with E-state index < -0.39 is 0 Å². The van der Waals surface area contributed by atoms with Crippen LogP contribution in [0.15, 0.2) is 6.07 Å². The molecule has 7 nitrogen and oxygen atoms in total. The minimum atomic E-state index is 0.155. The molecule has 2 fully saturated rings. The Bertz CT molecular complexity index is 1050. The quantitative estimate of drug-likeness (QED) is 0.660. The van der Waals surface area contributed by atoms with Gasteiger partial charge in [0.05, 0.1) is 27.0 Å². The summed E-state index contributed by atoms with van der Waals surface area (Å²) in [6, 6.07) is 2.84. The van der Waals surface area contributed by atoms with Crippen molar-refractivity contribution in [3.05, 3.63) is 11.6 Å². The van der Waals surface area contributed by atoms with E-state index in [4.69, 9.17) is 10.7 Å². The molecule has 5 rings (SSSR count). The number of aromatic nitrogens is 2. The molecule has 2 aromatic heterocycles. The molecule has 1 aliphatic heterocycles. The average molecular weight is 431 g/mol. The maximum absolute atomic E-state index is 12.7. The highest BCUT2D eigenvalue weighted by Gasteiger charge is 2.27. The molecule has 0 atom stereocenters. The number of thiazole rings is 2. The Morgan fingerprint density at radius 1 is 1.14 bits per heavy atom. The minimum absolute atomic E-state index is 0.155. The SMILES string of the molecule is Cc1c2nc(N)sc2cc2sc(NCC(=O)N3CCN(C4CCCC4)CC3)nc12. The van der Waals surface area contributed by atoms with Crippen molar-refractivity contribution in [1.29, 1.82) is 0 Å². The van der Waals surface area contributed by atoms with Crippen LogP contribution in [0.1, 0.15) is 31.2 Å². The smallest absolute Gasteiger partial charge is 0.242 e. The van der Waals surface area contributed by atoms with E-state index in [1.807, 2.05) is 11.8 Å². The highest BCUT2D eigenvalue weighted by molar-refractivity contribution is 7.24. The molecule has 2 aliphatic rings. The third kappa shape index (κ3) is 3.67. The number of benzene rings is 1. The van der Waals surface area contributed by atoms with Crippen LogP contribution < -0.4 is 11.1 Å². The number of nitrogen functional groups attached to an aromatic ring is 1. The van der Waals surface area contributed by atoms with Gasteiger partial charge in [-0.3, -0.25) is 9.69 Å². The number of amides is 1. The van der Waals surface area contributed by atoms with Gasteiger partial charge in [0.25, 0.3) is 0 Å². The number of anilines is 2. The molecule has 3 heterocycles. The Labute approximate surface area is 177 Å². The van der Waals surface area contributed by atoms with Crippen LogP contribution in [0.5, 0.6) is 0 Å². The molecule has 154 valence electrons. The van der Waals surface area contributed by atoms with Gasteiger partial charge in [0, 0.05) is 37.8 Å². The lowest BCUT2D eigenvalue weighted by molar-refractivity contribution is -0.131. The monoisotopic (exact) mass is 430 g/mol. The number of fused-ring (bicyclic) bond motifs is 2. The summed E-state index contributed by atoms with van der Waals surface area (Å²) < 4.78 is 2.18. The molecule has 9 heteroatoms. The molecular formula is C20H26N6OS2. The molecule has 1 aliphatic carbocycles. The van der Waals surface area contributed by atoms with Gasteiger partial charge in [-0.05, 0) is 25.8 Å². The summed E-state index contributed by atoms with van der Waals surface area (Å²) in [4.78, 5) is 26.4. The molecule has 1 saturated heterocycles. The number of piperazine rings is 1. The zero-order valence-corrected chi connectivity index (χ0v) is 18.2. The third-order valence-corrected chi connectivity index (χ3v) is 7.99. The zero-order chi connectivity index (χ0) is 20.0. The van der Waals surface area contributed by atoms with Crippen molar-refractivity contribution in [1.82, 2.24) is 19.8 Å². The van der Waals surface area contributed by atoms with Crippen molar-refractivity contribution in [2.45, 2.75) is 38.6 Å². The maximum Gasteiger partial charge on any atom is 0.242 e. The van der Waals surface area contributed by atoms with E-state index >= 15 is 0 Å². The van der Waals surface area contributed by atoms with Crippen LogP contribution in [0.3, 0.4) is 0 Å². The lowest BCUT2D eigenvalue weighted by atomic mass is 10.2. The van der Waals surface area contributed by atoms with E-state index in [2.05, 4.69) is 21.3 Å². The first kappa shape index (κ1) is 19.0. The second-order valence-corrected chi connectivity index (χ2v) is 10.1. The van der Waals surface area contributed by atoms with E-state index in [1.165, 1.54) is 37.0 Å². The lowest BCUT2D eigenvalue weighted by Crippen LogP contribution is -2.52. The molecule has 0 bridgehead atoms. The molecule has 1 saturated carbocycles. The first-order valence-electron chi connectivity index (χ1n) is 10.3. The Morgan fingerprint density at radius 2 is 1.83 bits per heavy atom. The number of carbonyl (C=O) groups is 1. The number of hydrogen-bond acceptors (Lipinski definition) is 8. The first-order chi connectivity index (χ1) is 14.1. The normalized spacial score (nSPS) is 18.9. The van der Waals surface area contributed by atoms with Crippen molar-refractivity contribution in [2.24, 2.45) is 0 Å². The van der Waals surface area contributed by atoms with E-state index in [0.717, 1.165) is 63.3 Å². The average Bonchev–Trinajstić information content (AvgIpc) is 3.46. The number of hydrogen-bond donors (Lipinski definition) is 2. The highest BCUT2D eigenvalue weighted by atomic mass is 32.1. The Morgan fingerprint density at radius 3 is 2.59 bits per heavy atom. The summed E-state index contributed by atoms with van der Waals surface area (Å²) in [5.74, 6) is 0.155. The van der Waals surface area contributed by atoms with E-state index in [1.54, 1.807) is 11.3 Å². The van der Waals surface area contributed by atoms with Gasteiger partial charge in [-0.2, -0.15) is 0 Å². The van der Waals surface area contributed by atoms with Crippen LogP contribution in [0, 0.1) is 6.92 Å². The van der Waals surface area contributed by atoms with E-state index in [0.29, 0.717) is 11.7 Å². The van der Waals surface area contributed by atoms with Crippen molar-refractivity contribution >= 4 is 59.3 Å². The second-order valence-electron chi connectivity index (χ2n) is 7.97. The summed E-state index contributed by atoms with van der Waals surface area (Å²) in [6.45, 7) is 6.00. The summed E-state index contributed by atoms with van der Waals surface area (Å²) in [5, 5.41) is 4.61. The highest BCUT2D eigenvalue weighted by Crippen LogP contribution is 2.36. The van der Waals surface area contributed by atoms with Crippen LogP contribution in [-0.2, 0) is 4.79 Å². The van der Waals surface area contributed by atoms with Crippen molar-refractivity contribution in [3.63, 3.8) is 0 Å². The van der Waals surface area contributed by atoms with Crippen molar-refractivity contribution in [2.75, 3.05) is 43.8 Å². The fourth-order valence-electron chi connectivity index (χ4n) is 4.59. The van der Waals surface area contributed by atoms with E-state index in [-0.39, 0.29) is 5.91 Å². The topological polar surface area (TPSA) is 87.4 Å². The van der Waals surface area contributed by atoms with Crippen molar-refractivity contribution in [3.8, 4) is 0 Å². The summed E-state index contributed by atoms with van der Waals surface area (Å²) in [5.41, 5.74) is 8.76. The number of aryl methyl sites for hydroxylation is 1. The number of nitrogens with two attached hydrogens (primary N) is 1. The van der Waals surface area contributed by atoms with Gasteiger partial charge in [0.2, 0.25) is 5.91 Å². The summed E-state index contributed by atoms with van der Waals surface area (Å²) in [6.07, 6.45) is 5.37. The van der Waals surface area contributed by atoms with Gasteiger partial charge in [-0.1, -0.05) is 35.5 Å². The minimum Gasteiger partial charge on any atom is -0.375 e. The number of nitrogens with one attached hydrogen (secondary N) is 1. The second kappa shape index (κ2) is 7.70. The van der Waals surface area contributed by atoms with Gasteiger partial charge in [0.1, 0.15) is 0 Å².